The molecule has 6 heteroatoms. The van der Waals surface area contributed by atoms with Crippen LogP contribution in [0.15, 0.2) is 72.8 Å². The molecule has 0 saturated heterocycles. The first kappa shape index (κ1) is 19.1. The molecule has 0 spiro atoms. The Morgan fingerprint density at radius 1 is 0.893 bits per heavy atom. The number of carbonyl (C=O) groups excluding carboxylic acids is 2. The van der Waals surface area contributed by atoms with Gasteiger partial charge in [0, 0.05) is 16.9 Å². The maximum atomic E-state index is 13.2. The first-order valence-electron chi connectivity index (χ1n) is 8.66. The number of halogens is 1. The van der Waals surface area contributed by atoms with Gasteiger partial charge >= 0.3 is 0 Å². The van der Waals surface area contributed by atoms with Crippen molar-refractivity contribution in [1.82, 2.24) is 0 Å². The largest absolute Gasteiger partial charge is 0.484 e. The minimum absolute atomic E-state index is 0.150. The van der Waals surface area contributed by atoms with Crippen molar-refractivity contribution in [3.05, 3.63) is 89.7 Å². The molecule has 0 aliphatic heterocycles. The zero-order valence-corrected chi connectivity index (χ0v) is 15.2. The van der Waals surface area contributed by atoms with E-state index in [0.717, 1.165) is 5.56 Å². The minimum atomic E-state index is -0.438. The summed E-state index contributed by atoms with van der Waals surface area (Å²) in [6, 6.07) is 19.5. The van der Waals surface area contributed by atoms with Gasteiger partial charge in [-0.05, 0) is 61.0 Å². The van der Waals surface area contributed by atoms with Gasteiger partial charge < -0.3 is 15.4 Å². The van der Waals surface area contributed by atoms with Gasteiger partial charge in [0.2, 0.25) is 0 Å². The van der Waals surface area contributed by atoms with Gasteiger partial charge in [-0.2, -0.15) is 0 Å². The Kier molecular flexibility index (Phi) is 6.01. The zero-order chi connectivity index (χ0) is 19.9. The molecule has 0 radical (unpaired) electrons. The highest BCUT2D eigenvalue weighted by Crippen LogP contribution is 2.15. The number of aryl methyl sites for hydroxylation is 1. The van der Waals surface area contributed by atoms with Gasteiger partial charge in [0.25, 0.3) is 11.8 Å². The predicted molar refractivity (Wildman–Crippen MR) is 106 cm³/mol. The fourth-order valence-corrected chi connectivity index (χ4v) is 2.56. The van der Waals surface area contributed by atoms with Gasteiger partial charge in [-0.25, -0.2) is 4.39 Å². The van der Waals surface area contributed by atoms with Crippen LogP contribution in [0.1, 0.15) is 15.9 Å². The van der Waals surface area contributed by atoms with Crippen LogP contribution in [0.2, 0.25) is 0 Å². The number of rotatable bonds is 6. The third kappa shape index (κ3) is 5.41. The van der Waals surface area contributed by atoms with E-state index in [1.807, 2.05) is 25.1 Å². The van der Waals surface area contributed by atoms with Gasteiger partial charge in [-0.1, -0.05) is 24.3 Å². The maximum absolute atomic E-state index is 13.2. The van der Waals surface area contributed by atoms with Crippen LogP contribution in [-0.4, -0.2) is 18.4 Å². The van der Waals surface area contributed by atoms with Gasteiger partial charge in [0.1, 0.15) is 11.6 Å². The van der Waals surface area contributed by atoms with E-state index in [4.69, 9.17) is 4.74 Å². The quantitative estimate of drug-likeness (QED) is 0.668. The third-order valence-electron chi connectivity index (χ3n) is 3.85. The van der Waals surface area contributed by atoms with E-state index < -0.39 is 11.7 Å². The van der Waals surface area contributed by atoms with Crippen LogP contribution in [-0.2, 0) is 4.79 Å². The molecule has 2 amide bonds. The number of carbonyl (C=O) groups is 2. The molecule has 0 aliphatic carbocycles. The summed E-state index contributed by atoms with van der Waals surface area (Å²) in [5.74, 6) is -0.576. The molecule has 3 rings (SSSR count). The molecule has 0 aliphatic rings. The summed E-state index contributed by atoms with van der Waals surface area (Å²) in [4.78, 5) is 24.4. The summed E-state index contributed by atoms with van der Waals surface area (Å²) in [6.07, 6.45) is 0. The fraction of sp³-hybridized carbons (Fsp3) is 0.0909. The number of hydrogen-bond donors (Lipinski definition) is 2. The molecule has 0 heterocycles. The van der Waals surface area contributed by atoms with Gasteiger partial charge in [0.15, 0.2) is 6.61 Å². The smallest absolute Gasteiger partial charge is 0.262 e. The molecule has 0 fully saturated rings. The van der Waals surface area contributed by atoms with E-state index in [1.54, 1.807) is 36.4 Å². The molecule has 0 aromatic heterocycles. The summed E-state index contributed by atoms with van der Waals surface area (Å²) < 4.78 is 18.7. The first-order chi connectivity index (χ1) is 13.5. The summed E-state index contributed by atoms with van der Waals surface area (Å²) in [6.45, 7) is 1.79. The molecule has 3 aromatic carbocycles. The Bertz CT molecular complexity index is 1000. The second-order valence-corrected chi connectivity index (χ2v) is 6.20. The lowest BCUT2D eigenvalue weighted by molar-refractivity contribution is -0.118. The van der Waals surface area contributed by atoms with Crippen LogP contribution in [0.5, 0.6) is 5.75 Å². The number of ether oxygens (including phenoxy) is 1. The number of nitrogens with one attached hydrogen (secondary N) is 2. The Balaban J connectivity index is 1.59. The summed E-state index contributed by atoms with van der Waals surface area (Å²) >= 11 is 0. The number of amides is 2. The van der Waals surface area contributed by atoms with Crippen molar-refractivity contribution < 1.29 is 18.7 Å². The topological polar surface area (TPSA) is 67.4 Å². The molecule has 5 nitrogen and oxygen atoms in total. The molecule has 28 heavy (non-hydrogen) atoms. The van der Waals surface area contributed by atoms with E-state index in [1.165, 1.54) is 18.2 Å². The molecule has 142 valence electrons. The second kappa shape index (κ2) is 8.81. The molecule has 0 atom stereocenters. The van der Waals surface area contributed by atoms with E-state index in [9.17, 15) is 14.0 Å². The fourth-order valence-electron chi connectivity index (χ4n) is 2.56. The average molecular weight is 378 g/mol. The molecular weight excluding hydrogens is 359 g/mol. The summed E-state index contributed by atoms with van der Waals surface area (Å²) in [5.41, 5.74) is 2.19. The van der Waals surface area contributed by atoms with Crippen molar-refractivity contribution in [2.45, 2.75) is 6.92 Å². The van der Waals surface area contributed by atoms with Crippen molar-refractivity contribution in [2.75, 3.05) is 17.2 Å². The van der Waals surface area contributed by atoms with E-state index in [0.29, 0.717) is 22.7 Å². The lowest BCUT2D eigenvalue weighted by atomic mass is 10.2. The third-order valence-corrected chi connectivity index (χ3v) is 3.85. The standard InChI is InChI=1S/C22H19FN2O3/c1-15-5-2-10-20(11-15)28-14-21(26)24-18-8-3-6-16(12-18)22(27)25-19-9-4-7-17(23)13-19/h2-13H,14H2,1H3,(H,24,26)(H,25,27). The molecule has 0 bridgehead atoms. The maximum Gasteiger partial charge on any atom is 0.262 e. The Labute approximate surface area is 162 Å². The SMILES string of the molecule is Cc1cccc(OCC(=O)Nc2cccc(C(=O)Nc3cccc(F)c3)c2)c1. The van der Waals surface area contributed by atoms with Crippen molar-refractivity contribution in [2.24, 2.45) is 0 Å². The lowest BCUT2D eigenvalue weighted by Crippen LogP contribution is -2.20. The van der Waals surface area contributed by atoms with Gasteiger partial charge in [-0.3, -0.25) is 9.59 Å². The Hall–Kier alpha value is -3.67. The molecule has 2 N–H and O–H groups in total. The zero-order valence-electron chi connectivity index (χ0n) is 15.2. The van der Waals surface area contributed by atoms with Crippen molar-refractivity contribution >= 4 is 23.2 Å². The van der Waals surface area contributed by atoms with E-state index >= 15 is 0 Å². The Morgan fingerprint density at radius 2 is 1.61 bits per heavy atom. The van der Waals surface area contributed by atoms with E-state index in [2.05, 4.69) is 10.6 Å². The van der Waals surface area contributed by atoms with Crippen LogP contribution >= 0.6 is 0 Å². The van der Waals surface area contributed by atoms with Crippen LogP contribution in [0.4, 0.5) is 15.8 Å². The highest BCUT2D eigenvalue weighted by molar-refractivity contribution is 6.05. The number of benzene rings is 3. The van der Waals surface area contributed by atoms with Gasteiger partial charge in [-0.15, -0.1) is 0 Å². The highest BCUT2D eigenvalue weighted by atomic mass is 19.1. The molecule has 3 aromatic rings. The molecule has 0 unspecified atom stereocenters. The number of anilines is 2. The predicted octanol–water partition coefficient (Wildman–Crippen LogP) is 4.40. The second-order valence-electron chi connectivity index (χ2n) is 6.20. The normalized spacial score (nSPS) is 10.2. The van der Waals surface area contributed by atoms with Crippen LogP contribution in [0.25, 0.3) is 0 Å². The van der Waals surface area contributed by atoms with Crippen LogP contribution in [0, 0.1) is 12.7 Å². The van der Waals surface area contributed by atoms with E-state index in [-0.39, 0.29) is 12.5 Å². The van der Waals surface area contributed by atoms with Gasteiger partial charge in [0.05, 0.1) is 0 Å². The summed E-state index contributed by atoms with van der Waals surface area (Å²) in [5, 5.41) is 5.31. The molecule has 0 saturated carbocycles. The molecular formula is C22H19FN2O3. The van der Waals surface area contributed by atoms with Crippen molar-refractivity contribution in [3.63, 3.8) is 0 Å². The van der Waals surface area contributed by atoms with Crippen molar-refractivity contribution in [3.8, 4) is 5.75 Å². The Morgan fingerprint density at radius 3 is 2.36 bits per heavy atom. The van der Waals surface area contributed by atoms with Crippen LogP contribution in [0.3, 0.4) is 0 Å². The first-order valence-corrected chi connectivity index (χ1v) is 8.66. The lowest BCUT2D eigenvalue weighted by Gasteiger charge is -2.10. The summed E-state index contributed by atoms with van der Waals surface area (Å²) in [7, 11) is 0. The highest BCUT2D eigenvalue weighted by Gasteiger charge is 2.09. The monoisotopic (exact) mass is 378 g/mol. The minimum Gasteiger partial charge on any atom is -0.484 e. The number of hydrogen-bond acceptors (Lipinski definition) is 3. The van der Waals surface area contributed by atoms with Crippen LogP contribution < -0.4 is 15.4 Å². The average Bonchev–Trinajstić information content (AvgIpc) is 2.67. The van der Waals surface area contributed by atoms with Crippen molar-refractivity contribution in [1.29, 1.82) is 0 Å².